The van der Waals surface area contributed by atoms with Crippen molar-refractivity contribution >= 4 is 0 Å². The fourth-order valence-electron chi connectivity index (χ4n) is 2.27. The van der Waals surface area contributed by atoms with E-state index in [2.05, 4.69) is 58.3 Å². The molecule has 0 saturated carbocycles. The first-order valence-corrected chi connectivity index (χ1v) is 5.85. The van der Waals surface area contributed by atoms with Gasteiger partial charge in [-0.25, -0.2) is 0 Å². The third-order valence-electron chi connectivity index (χ3n) is 3.38. The fourth-order valence-corrected chi connectivity index (χ4v) is 2.27. The maximum atomic E-state index is 3.45. The first-order valence-electron chi connectivity index (χ1n) is 5.85. The third-order valence-corrected chi connectivity index (χ3v) is 3.38. The number of rotatable bonds is 4. The van der Waals surface area contributed by atoms with Gasteiger partial charge in [0.1, 0.15) is 0 Å². The van der Waals surface area contributed by atoms with E-state index < -0.39 is 0 Å². The first kappa shape index (κ1) is 12.3. The molecule has 1 aromatic carbocycles. The summed E-state index contributed by atoms with van der Waals surface area (Å²) in [5.74, 6) is 0.676. The molecule has 1 rings (SSSR count). The highest BCUT2D eigenvalue weighted by Crippen LogP contribution is 2.28. The Balaban J connectivity index is 3.11. The minimum Gasteiger partial charge on any atom is -0.313 e. The van der Waals surface area contributed by atoms with E-state index in [1.54, 1.807) is 0 Å². The second-order valence-corrected chi connectivity index (χ2v) is 4.46. The van der Waals surface area contributed by atoms with Crippen molar-refractivity contribution in [3.63, 3.8) is 0 Å². The predicted octanol–water partition coefficient (Wildman–Crippen LogP) is 3.61. The van der Waals surface area contributed by atoms with Crippen LogP contribution in [-0.4, -0.2) is 7.05 Å². The molecule has 1 nitrogen and oxygen atoms in total. The van der Waals surface area contributed by atoms with E-state index in [1.807, 2.05) is 0 Å². The quantitative estimate of drug-likeness (QED) is 0.791. The molecule has 0 saturated heterocycles. The molecule has 0 aromatic heterocycles. The Morgan fingerprint density at radius 1 is 1.20 bits per heavy atom. The molecule has 0 radical (unpaired) electrons. The molecule has 0 bridgehead atoms. The number of nitrogens with one attached hydrogen (secondary N) is 1. The zero-order chi connectivity index (χ0) is 11.4. The van der Waals surface area contributed by atoms with E-state index in [0.717, 1.165) is 0 Å². The summed E-state index contributed by atoms with van der Waals surface area (Å²) < 4.78 is 0. The van der Waals surface area contributed by atoms with Gasteiger partial charge in [-0.05, 0) is 43.5 Å². The highest BCUT2D eigenvalue weighted by atomic mass is 14.9. The van der Waals surface area contributed by atoms with Crippen molar-refractivity contribution in [3.8, 4) is 0 Å². The summed E-state index contributed by atoms with van der Waals surface area (Å²) >= 11 is 0. The van der Waals surface area contributed by atoms with Crippen LogP contribution in [-0.2, 0) is 0 Å². The average Bonchev–Trinajstić information content (AvgIpc) is 2.22. The van der Waals surface area contributed by atoms with Crippen molar-refractivity contribution in [1.29, 1.82) is 0 Å². The molecule has 1 heteroatoms. The average molecular weight is 205 g/mol. The van der Waals surface area contributed by atoms with Gasteiger partial charge in [0.25, 0.3) is 0 Å². The van der Waals surface area contributed by atoms with Gasteiger partial charge in [0.2, 0.25) is 0 Å². The van der Waals surface area contributed by atoms with Gasteiger partial charge >= 0.3 is 0 Å². The van der Waals surface area contributed by atoms with Crippen molar-refractivity contribution in [2.24, 2.45) is 5.92 Å². The Morgan fingerprint density at radius 2 is 1.73 bits per heavy atom. The lowest BCUT2D eigenvalue weighted by atomic mass is 9.87. The molecule has 1 N–H and O–H groups in total. The normalized spacial score (nSPS) is 15.0. The Kier molecular flexibility index (Phi) is 4.34. The van der Waals surface area contributed by atoms with Crippen LogP contribution in [0.3, 0.4) is 0 Å². The molecule has 0 fully saturated rings. The van der Waals surface area contributed by atoms with Gasteiger partial charge in [0.05, 0.1) is 0 Å². The summed E-state index contributed by atoms with van der Waals surface area (Å²) in [5, 5.41) is 3.45. The maximum Gasteiger partial charge on any atom is 0.0348 e. The largest absolute Gasteiger partial charge is 0.313 e. The van der Waals surface area contributed by atoms with Crippen LogP contribution in [0.1, 0.15) is 43.0 Å². The van der Waals surface area contributed by atoms with Gasteiger partial charge in [0.15, 0.2) is 0 Å². The van der Waals surface area contributed by atoms with E-state index in [9.17, 15) is 0 Å². The maximum absolute atomic E-state index is 3.45. The molecule has 2 atom stereocenters. The number of hydrogen-bond acceptors (Lipinski definition) is 1. The van der Waals surface area contributed by atoms with Gasteiger partial charge in [-0.1, -0.05) is 38.5 Å². The van der Waals surface area contributed by atoms with Gasteiger partial charge in [-0.2, -0.15) is 0 Å². The molecule has 0 aliphatic rings. The summed E-state index contributed by atoms with van der Waals surface area (Å²) in [6.45, 7) is 8.97. The van der Waals surface area contributed by atoms with Crippen molar-refractivity contribution in [2.75, 3.05) is 7.05 Å². The molecule has 15 heavy (non-hydrogen) atoms. The molecule has 0 spiro atoms. The van der Waals surface area contributed by atoms with Crippen LogP contribution in [0.5, 0.6) is 0 Å². The molecular weight excluding hydrogens is 182 g/mol. The van der Waals surface area contributed by atoms with Crippen LogP contribution in [0.15, 0.2) is 18.2 Å². The number of aryl methyl sites for hydroxylation is 2. The Morgan fingerprint density at radius 3 is 2.13 bits per heavy atom. The van der Waals surface area contributed by atoms with Crippen molar-refractivity contribution in [3.05, 3.63) is 34.9 Å². The molecule has 0 aliphatic carbocycles. The summed E-state index contributed by atoms with van der Waals surface area (Å²) in [7, 11) is 2.06. The third kappa shape index (κ3) is 2.60. The minimum atomic E-state index is 0.483. The first-order chi connectivity index (χ1) is 7.11. The SMILES string of the molecule is CCC(C)C(NC)c1c(C)cccc1C. The molecule has 84 valence electrons. The van der Waals surface area contributed by atoms with Gasteiger partial charge in [-0.15, -0.1) is 0 Å². The van der Waals surface area contributed by atoms with E-state index in [4.69, 9.17) is 0 Å². The second kappa shape index (κ2) is 5.32. The Labute approximate surface area is 93.9 Å². The standard InChI is InChI=1S/C14H23N/c1-6-10(2)14(15-5)13-11(3)8-7-9-12(13)4/h7-10,14-15H,6H2,1-5H3. The van der Waals surface area contributed by atoms with Crippen molar-refractivity contribution < 1.29 is 0 Å². The summed E-state index contributed by atoms with van der Waals surface area (Å²) in [6.07, 6.45) is 1.21. The lowest BCUT2D eigenvalue weighted by Gasteiger charge is -2.26. The van der Waals surface area contributed by atoms with Crippen LogP contribution in [0.25, 0.3) is 0 Å². The zero-order valence-corrected chi connectivity index (χ0v) is 10.6. The van der Waals surface area contributed by atoms with Crippen LogP contribution in [0.4, 0.5) is 0 Å². The predicted molar refractivity (Wildman–Crippen MR) is 67.2 cm³/mol. The van der Waals surface area contributed by atoms with Crippen LogP contribution >= 0.6 is 0 Å². The number of hydrogen-bond donors (Lipinski definition) is 1. The number of benzene rings is 1. The molecule has 1 aromatic rings. The molecule has 0 amide bonds. The van der Waals surface area contributed by atoms with Gasteiger partial charge in [-0.3, -0.25) is 0 Å². The van der Waals surface area contributed by atoms with E-state index in [0.29, 0.717) is 12.0 Å². The van der Waals surface area contributed by atoms with Crippen LogP contribution in [0.2, 0.25) is 0 Å². The topological polar surface area (TPSA) is 12.0 Å². The van der Waals surface area contributed by atoms with Gasteiger partial charge < -0.3 is 5.32 Å². The Hall–Kier alpha value is -0.820. The minimum absolute atomic E-state index is 0.483. The van der Waals surface area contributed by atoms with E-state index in [1.165, 1.54) is 23.1 Å². The van der Waals surface area contributed by atoms with Crippen molar-refractivity contribution in [2.45, 2.75) is 40.2 Å². The molecule has 0 heterocycles. The smallest absolute Gasteiger partial charge is 0.0348 e. The molecular formula is C14H23N. The monoisotopic (exact) mass is 205 g/mol. The lowest BCUT2D eigenvalue weighted by molar-refractivity contribution is 0.398. The molecule has 0 aliphatic heterocycles. The van der Waals surface area contributed by atoms with Crippen LogP contribution < -0.4 is 5.32 Å². The van der Waals surface area contributed by atoms with E-state index in [-0.39, 0.29) is 0 Å². The summed E-state index contributed by atoms with van der Waals surface area (Å²) in [6, 6.07) is 7.03. The van der Waals surface area contributed by atoms with Gasteiger partial charge in [0, 0.05) is 6.04 Å². The second-order valence-electron chi connectivity index (χ2n) is 4.46. The highest BCUT2D eigenvalue weighted by Gasteiger charge is 2.19. The molecule has 2 unspecified atom stereocenters. The van der Waals surface area contributed by atoms with E-state index >= 15 is 0 Å². The Bertz CT molecular complexity index is 297. The lowest BCUT2D eigenvalue weighted by Crippen LogP contribution is -2.24. The zero-order valence-electron chi connectivity index (χ0n) is 10.6. The van der Waals surface area contributed by atoms with Crippen molar-refractivity contribution in [1.82, 2.24) is 5.32 Å². The fraction of sp³-hybridized carbons (Fsp3) is 0.571. The summed E-state index contributed by atoms with van der Waals surface area (Å²) in [5.41, 5.74) is 4.28. The van der Waals surface area contributed by atoms with Crippen LogP contribution in [0, 0.1) is 19.8 Å². The summed E-state index contributed by atoms with van der Waals surface area (Å²) in [4.78, 5) is 0. The highest BCUT2D eigenvalue weighted by molar-refractivity contribution is 5.36.